The van der Waals surface area contributed by atoms with Crippen molar-refractivity contribution < 1.29 is 8.83 Å². The van der Waals surface area contributed by atoms with Gasteiger partial charge in [0.2, 0.25) is 0 Å². The van der Waals surface area contributed by atoms with Gasteiger partial charge in [-0.15, -0.1) is 0 Å². The summed E-state index contributed by atoms with van der Waals surface area (Å²) in [5, 5.41) is 4.56. The number of benzene rings is 3. The fraction of sp³-hybridized carbons (Fsp3) is 0.0400. The predicted molar refractivity (Wildman–Crippen MR) is 119 cm³/mol. The van der Waals surface area contributed by atoms with Gasteiger partial charge in [0.25, 0.3) is 0 Å². The minimum Gasteiger partial charge on any atom is -0.422 e. The summed E-state index contributed by atoms with van der Waals surface area (Å²) in [6.07, 6.45) is 0. The highest BCUT2D eigenvalue weighted by Gasteiger charge is 2.16. The first-order chi connectivity index (χ1) is 14.6. The van der Waals surface area contributed by atoms with E-state index in [0.717, 1.165) is 27.6 Å². The normalized spacial score (nSPS) is 11.1. The number of para-hydroxylation sites is 1. The number of hydrogen-bond acceptors (Lipinski definition) is 5. The molecule has 0 amide bonds. The topological polar surface area (TPSA) is 72.5 Å². The molecule has 0 bridgehead atoms. The molecule has 5 aromatic rings. The molecule has 0 saturated carbocycles. The largest absolute Gasteiger partial charge is 0.422 e. The van der Waals surface area contributed by atoms with E-state index >= 15 is 0 Å². The maximum Gasteiger partial charge on any atom is 0.344 e. The van der Waals surface area contributed by atoms with Crippen LogP contribution in [0.3, 0.4) is 0 Å². The third-order valence-corrected chi connectivity index (χ3v) is 5.17. The van der Waals surface area contributed by atoms with E-state index in [1.54, 1.807) is 25.2 Å². The summed E-state index contributed by atoms with van der Waals surface area (Å²) in [4.78, 5) is 25.2. The molecule has 2 heterocycles. The lowest BCUT2D eigenvalue weighted by atomic mass is 9.97. The minimum absolute atomic E-state index is 0.346. The standard InChI is InChI=1S/C25H17NO4/c1-26-17-11-10-16-12-21(25(28)29-22(16)13-17)19-9-5-8-18-20(14-23(27)30-24(18)19)15-6-3-2-4-7-15/h2-14,26H,1H3. The maximum absolute atomic E-state index is 12.8. The van der Waals surface area contributed by atoms with Gasteiger partial charge < -0.3 is 14.2 Å². The molecule has 0 spiro atoms. The van der Waals surface area contributed by atoms with Crippen molar-refractivity contribution in [1.29, 1.82) is 0 Å². The van der Waals surface area contributed by atoms with E-state index in [9.17, 15) is 9.59 Å². The minimum atomic E-state index is -0.490. The Morgan fingerprint density at radius 1 is 0.733 bits per heavy atom. The number of nitrogens with one attached hydrogen (secondary N) is 1. The quantitative estimate of drug-likeness (QED) is 0.421. The Balaban J connectivity index is 1.80. The SMILES string of the molecule is CNc1ccc2cc(-c3cccc4c(-c5ccccc5)cc(=O)oc34)c(=O)oc2c1. The Kier molecular flexibility index (Phi) is 4.21. The Hall–Kier alpha value is -4.12. The molecule has 0 saturated heterocycles. The van der Waals surface area contributed by atoms with Gasteiger partial charge in [-0.2, -0.15) is 0 Å². The zero-order valence-corrected chi connectivity index (χ0v) is 16.1. The van der Waals surface area contributed by atoms with Gasteiger partial charge in [-0.1, -0.05) is 48.5 Å². The van der Waals surface area contributed by atoms with Crippen LogP contribution < -0.4 is 16.6 Å². The Labute approximate surface area is 171 Å². The third kappa shape index (κ3) is 2.97. The molecule has 2 aromatic heterocycles. The summed E-state index contributed by atoms with van der Waals surface area (Å²) in [6.45, 7) is 0. The molecule has 5 rings (SSSR count). The molecule has 30 heavy (non-hydrogen) atoms. The lowest BCUT2D eigenvalue weighted by molar-refractivity contribution is 0.556. The van der Waals surface area contributed by atoms with Crippen LogP contribution in [-0.2, 0) is 0 Å². The molecule has 0 unspecified atom stereocenters. The molecule has 5 heteroatoms. The number of fused-ring (bicyclic) bond motifs is 2. The first kappa shape index (κ1) is 17.9. The van der Waals surface area contributed by atoms with Crippen LogP contribution in [0.4, 0.5) is 5.69 Å². The Morgan fingerprint density at radius 2 is 1.57 bits per heavy atom. The van der Waals surface area contributed by atoms with Gasteiger partial charge in [0, 0.05) is 41.2 Å². The van der Waals surface area contributed by atoms with Crippen molar-refractivity contribution in [3.8, 4) is 22.3 Å². The van der Waals surface area contributed by atoms with E-state index in [0.29, 0.717) is 22.3 Å². The highest BCUT2D eigenvalue weighted by molar-refractivity contribution is 6.01. The monoisotopic (exact) mass is 395 g/mol. The first-order valence-corrected chi connectivity index (χ1v) is 9.52. The van der Waals surface area contributed by atoms with Gasteiger partial charge in [0.1, 0.15) is 11.2 Å². The second-order valence-corrected chi connectivity index (χ2v) is 6.98. The molecule has 0 aliphatic heterocycles. The van der Waals surface area contributed by atoms with Crippen molar-refractivity contribution in [3.05, 3.63) is 99.7 Å². The molecule has 0 atom stereocenters. The molecule has 0 fully saturated rings. The smallest absolute Gasteiger partial charge is 0.344 e. The molecule has 0 radical (unpaired) electrons. The summed E-state index contributed by atoms with van der Waals surface area (Å²) in [5.74, 6) is 0. The molecule has 3 aromatic carbocycles. The van der Waals surface area contributed by atoms with Crippen molar-refractivity contribution in [3.63, 3.8) is 0 Å². The molecule has 5 nitrogen and oxygen atoms in total. The van der Waals surface area contributed by atoms with E-state index < -0.39 is 11.3 Å². The zero-order chi connectivity index (χ0) is 20.7. The van der Waals surface area contributed by atoms with Gasteiger partial charge >= 0.3 is 11.3 Å². The van der Waals surface area contributed by atoms with Gasteiger partial charge in [-0.05, 0) is 29.3 Å². The maximum atomic E-state index is 12.8. The summed E-state index contributed by atoms with van der Waals surface area (Å²) in [6, 6.07) is 23.9. The van der Waals surface area contributed by atoms with Crippen LogP contribution >= 0.6 is 0 Å². The zero-order valence-electron chi connectivity index (χ0n) is 16.1. The van der Waals surface area contributed by atoms with E-state index in [-0.39, 0.29) is 0 Å². The van der Waals surface area contributed by atoms with Crippen molar-refractivity contribution in [2.75, 3.05) is 12.4 Å². The number of rotatable bonds is 3. The van der Waals surface area contributed by atoms with Crippen LogP contribution in [0.2, 0.25) is 0 Å². The summed E-state index contributed by atoms with van der Waals surface area (Å²) < 4.78 is 11.1. The van der Waals surface area contributed by atoms with Gasteiger partial charge in [0.05, 0.1) is 5.56 Å². The van der Waals surface area contributed by atoms with Gasteiger partial charge in [0.15, 0.2) is 0 Å². The average Bonchev–Trinajstić information content (AvgIpc) is 2.78. The highest BCUT2D eigenvalue weighted by Crippen LogP contribution is 2.33. The summed E-state index contributed by atoms with van der Waals surface area (Å²) >= 11 is 0. The van der Waals surface area contributed by atoms with Crippen molar-refractivity contribution in [2.24, 2.45) is 0 Å². The fourth-order valence-corrected chi connectivity index (χ4v) is 3.71. The van der Waals surface area contributed by atoms with Crippen molar-refractivity contribution in [2.45, 2.75) is 0 Å². The highest BCUT2D eigenvalue weighted by atomic mass is 16.4. The van der Waals surface area contributed by atoms with Gasteiger partial charge in [-0.3, -0.25) is 0 Å². The third-order valence-electron chi connectivity index (χ3n) is 5.17. The van der Waals surface area contributed by atoms with E-state index in [2.05, 4.69) is 5.32 Å². The molecule has 0 aliphatic carbocycles. The average molecular weight is 395 g/mol. The Morgan fingerprint density at radius 3 is 2.37 bits per heavy atom. The van der Waals surface area contributed by atoms with Crippen LogP contribution in [0.5, 0.6) is 0 Å². The van der Waals surface area contributed by atoms with Crippen LogP contribution in [0.1, 0.15) is 0 Å². The fourth-order valence-electron chi connectivity index (χ4n) is 3.71. The summed E-state index contributed by atoms with van der Waals surface area (Å²) in [5.41, 5.74) is 3.26. The van der Waals surface area contributed by atoms with Crippen LogP contribution in [0, 0.1) is 0 Å². The van der Waals surface area contributed by atoms with Crippen LogP contribution in [-0.4, -0.2) is 7.05 Å². The van der Waals surface area contributed by atoms with Crippen molar-refractivity contribution in [1.82, 2.24) is 0 Å². The summed E-state index contributed by atoms with van der Waals surface area (Å²) in [7, 11) is 1.80. The van der Waals surface area contributed by atoms with Crippen LogP contribution in [0.15, 0.2) is 97.3 Å². The van der Waals surface area contributed by atoms with E-state index in [1.165, 1.54) is 6.07 Å². The lowest BCUT2D eigenvalue weighted by Crippen LogP contribution is -2.05. The lowest BCUT2D eigenvalue weighted by Gasteiger charge is -2.10. The first-order valence-electron chi connectivity index (χ1n) is 9.52. The van der Waals surface area contributed by atoms with Gasteiger partial charge in [-0.25, -0.2) is 9.59 Å². The van der Waals surface area contributed by atoms with Crippen LogP contribution in [0.25, 0.3) is 44.2 Å². The predicted octanol–water partition coefficient (Wildman–Crippen LogP) is 5.28. The Bertz CT molecular complexity index is 1510. The molecule has 1 N–H and O–H groups in total. The van der Waals surface area contributed by atoms with E-state index in [4.69, 9.17) is 8.83 Å². The molecule has 146 valence electrons. The number of anilines is 1. The van der Waals surface area contributed by atoms with Crippen molar-refractivity contribution >= 4 is 27.6 Å². The molecule has 0 aliphatic rings. The number of hydrogen-bond donors (Lipinski definition) is 1. The molecular formula is C25H17NO4. The second-order valence-electron chi connectivity index (χ2n) is 6.98. The van der Waals surface area contributed by atoms with E-state index in [1.807, 2.05) is 54.6 Å². The second kappa shape index (κ2) is 7.04. The molecular weight excluding hydrogens is 378 g/mol.